The van der Waals surface area contributed by atoms with Gasteiger partial charge in [-0.25, -0.2) is 0 Å². The molecular formula is C24H30N2O4. The lowest BCUT2D eigenvalue weighted by molar-refractivity contribution is -0.116. The monoisotopic (exact) mass is 410 g/mol. The van der Waals surface area contributed by atoms with Crippen LogP contribution in [0.3, 0.4) is 0 Å². The molecule has 1 heterocycles. The second kappa shape index (κ2) is 10.7. The van der Waals surface area contributed by atoms with Crippen LogP contribution in [0.25, 0.3) is 6.08 Å². The van der Waals surface area contributed by atoms with Crippen LogP contribution in [0.5, 0.6) is 17.2 Å². The fraction of sp³-hybridized carbons (Fsp3) is 0.375. The van der Waals surface area contributed by atoms with Crippen LogP contribution in [-0.2, 0) is 4.79 Å². The van der Waals surface area contributed by atoms with E-state index in [2.05, 4.69) is 22.3 Å². The first kappa shape index (κ1) is 21.7. The van der Waals surface area contributed by atoms with Gasteiger partial charge in [0, 0.05) is 12.6 Å². The first-order valence-electron chi connectivity index (χ1n) is 10.2. The maximum absolute atomic E-state index is 12.5. The highest BCUT2D eigenvalue weighted by Gasteiger charge is 2.24. The number of nitrogens with one attached hydrogen (secondary N) is 1. The highest BCUT2D eigenvalue weighted by Crippen LogP contribution is 2.28. The minimum absolute atomic E-state index is 0.126. The molecule has 6 nitrogen and oxygen atoms in total. The highest BCUT2D eigenvalue weighted by atomic mass is 16.5. The number of amides is 1. The summed E-state index contributed by atoms with van der Waals surface area (Å²) in [6.45, 7) is 2.63. The molecule has 6 heteroatoms. The van der Waals surface area contributed by atoms with Crippen molar-refractivity contribution in [3.63, 3.8) is 0 Å². The lowest BCUT2D eigenvalue weighted by atomic mass is 10.0. The summed E-state index contributed by atoms with van der Waals surface area (Å²) in [7, 11) is 4.86. The van der Waals surface area contributed by atoms with Gasteiger partial charge >= 0.3 is 0 Å². The summed E-state index contributed by atoms with van der Waals surface area (Å²) in [5, 5.41) is 3.05. The number of carbonyl (C=O) groups excluding carboxylic acids is 1. The van der Waals surface area contributed by atoms with E-state index in [-0.39, 0.29) is 11.9 Å². The third-order valence-electron chi connectivity index (χ3n) is 5.36. The summed E-state index contributed by atoms with van der Waals surface area (Å²) in [4.78, 5) is 14.9. The zero-order valence-electron chi connectivity index (χ0n) is 17.9. The van der Waals surface area contributed by atoms with Crippen LogP contribution >= 0.6 is 0 Å². The van der Waals surface area contributed by atoms with Gasteiger partial charge in [-0.3, -0.25) is 9.69 Å². The summed E-state index contributed by atoms with van der Waals surface area (Å²) >= 11 is 0. The predicted molar refractivity (Wildman–Crippen MR) is 118 cm³/mol. The molecule has 0 bridgehead atoms. The zero-order chi connectivity index (χ0) is 21.3. The molecule has 1 N–H and O–H groups in total. The van der Waals surface area contributed by atoms with Gasteiger partial charge in [-0.1, -0.05) is 18.2 Å². The van der Waals surface area contributed by atoms with E-state index in [0.717, 1.165) is 30.0 Å². The Morgan fingerprint density at radius 1 is 1.03 bits per heavy atom. The predicted octanol–water partition coefficient (Wildman–Crippen LogP) is 3.68. The van der Waals surface area contributed by atoms with Crippen LogP contribution in [0.4, 0.5) is 0 Å². The van der Waals surface area contributed by atoms with E-state index in [0.29, 0.717) is 18.0 Å². The lowest BCUT2D eigenvalue weighted by Crippen LogP contribution is -2.36. The Morgan fingerprint density at radius 3 is 2.50 bits per heavy atom. The molecule has 0 spiro atoms. The summed E-state index contributed by atoms with van der Waals surface area (Å²) < 4.78 is 15.9. The maximum Gasteiger partial charge on any atom is 0.244 e. The van der Waals surface area contributed by atoms with E-state index in [4.69, 9.17) is 14.2 Å². The molecule has 1 amide bonds. The smallest absolute Gasteiger partial charge is 0.244 e. The van der Waals surface area contributed by atoms with Crippen molar-refractivity contribution in [2.24, 2.45) is 0 Å². The van der Waals surface area contributed by atoms with E-state index in [9.17, 15) is 4.79 Å². The number of likely N-dealkylation sites (tertiary alicyclic amines) is 1. The molecule has 1 unspecified atom stereocenters. The third-order valence-corrected chi connectivity index (χ3v) is 5.36. The van der Waals surface area contributed by atoms with Crippen LogP contribution in [0.15, 0.2) is 48.5 Å². The van der Waals surface area contributed by atoms with Gasteiger partial charge in [-0.2, -0.15) is 0 Å². The molecule has 3 rings (SSSR count). The van der Waals surface area contributed by atoms with E-state index in [1.807, 2.05) is 30.3 Å². The Balaban J connectivity index is 1.66. The molecule has 1 saturated heterocycles. The molecular weight excluding hydrogens is 380 g/mol. The quantitative estimate of drug-likeness (QED) is 0.639. The molecule has 0 saturated carbocycles. The number of nitrogens with zero attached hydrogens (tertiary/aromatic N) is 1. The van der Waals surface area contributed by atoms with Gasteiger partial charge in [-0.05, 0) is 67.4 Å². The van der Waals surface area contributed by atoms with Crippen LogP contribution in [-0.4, -0.2) is 51.8 Å². The van der Waals surface area contributed by atoms with Crippen molar-refractivity contribution in [3.05, 3.63) is 59.7 Å². The normalized spacial score (nSPS) is 15.2. The van der Waals surface area contributed by atoms with E-state index >= 15 is 0 Å². The van der Waals surface area contributed by atoms with Crippen LogP contribution in [0, 0.1) is 0 Å². The number of ether oxygens (including phenoxy) is 3. The highest BCUT2D eigenvalue weighted by molar-refractivity contribution is 5.91. The molecule has 160 valence electrons. The number of carbonyl (C=O) groups is 1. The van der Waals surface area contributed by atoms with Gasteiger partial charge in [0.2, 0.25) is 5.91 Å². The summed E-state index contributed by atoms with van der Waals surface area (Å²) in [5.41, 5.74) is 2.02. The summed E-state index contributed by atoms with van der Waals surface area (Å²) in [5.74, 6) is 1.99. The van der Waals surface area contributed by atoms with Crippen molar-refractivity contribution in [1.29, 1.82) is 0 Å². The van der Waals surface area contributed by atoms with Crippen molar-refractivity contribution in [2.75, 3.05) is 41.0 Å². The molecule has 0 aliphatic carbocycles. The molecule has 2 aromatic carbocycles. The standard InChI is InChI=1S/C24H30N2O4/c1-28-20-8-6-7-19(16-20)21(26-13-4-5-14-26)17-25-24(27)12-10-18-9-11-22(29-2)23(15-18)30-3/h6-12,15-16,21H,4-5,13-14,17H2,1-3H3,(H,25,27)/b12-10+. The molecule has 1 aliphatic rings. The topological polar surface area (TPSA) is 60.0 Å². The number of methoxy groups -OCH3 is 3. The number of hydrogen-bond donors (Lipinski definition) is 1. The Morgan fingerprint density at radius 2 is 1.80 bits per heavy atom. The van der Waals surface area contributed by atoms with Gasteiger partial charge in [0.15, 0.2) is 11.5 Å². The molecule has 0 radical (unpaired) electrons. The second-order valence-electron chi connectivity index (χ2n) is 7.23. The fourth-order valence-electron chi connectivity index (χ4n) is 3.74. The third kappa shape index (κ3) is 5.54. The van der Waals surface area contributed by atoms with E-state index in [1.54, 1.807) is 33.5 Å². The molecule has 2 aromatic rings. The number of rotatable bonds is 9. The summed E-state index contributed by atoms with van der Waals surface area (Å²) in [6, 6.07) is 13.8. The van der Waals surface area contributed by atoms with Crippen LogP contribution < -0.4 is 19.5 Å². The zero-order valence-corrected chi connectivity index (χ0v) is 17.9. The number of hydrogen-bond acceptors (Lipinski definition) is 5. The minimum Gasteiger partial charge on any atom is -0.497 e. The molecule has 1 aliphatic heterocycles. The van der Waals surface area contributed by atoms with Crippen molar-refractivity contribution in [3.8, 4) is 17.2 Å². The van der Waals surface area contributed by atoms with Crippen molar-refractivity contribution >= 4 is 12.0 Å². The largest absolute Gasteiger partial charge is 0.497 e. The van der Waals surface area contributed by atoms with Gasteiger partial charge in [0.25, 0.3) is 0 Å². The van der Waals surface area contributed by atoms with Gasteiger partial charge in [0.1, 0.15) is 5.75 Å². The maximum atomic E-state index is 12.5. The number of benzene rings is 2. The first-order chi connectivity index (χ1) is 14.6. The minimum atomic E-state index is -0.128. The Kier molecular flexibility index (Phi) is 7.74. The molecule has 1 atom stereocenters. The van der Waals surface area contributed by atoms with Gasteiger partial charge in [-0.15, -0.1) is 0 Å². The Bertz CT molecular complexity index is 875. The Hall–Kier alpha value is -2.99. The molecule has 1 fully saturated rings. The van der Waals surface area contributed by atoms with Gasteiger partial charge < -0.3 is 19.5 Å². The van der Waals surface area contributed by atoms with Crippen molar-refractivity contribution in [1.82, 2.24) is 10.2 Å². The van der Waals surface area contributed by atoms with Crippen molar-refractivity contribution in [2.45, 2.75) is 18.9 Å². The van der Waals surface area contributed by atoms with Crippen LogP contribution in [0.2, 0.25) is 0 Å². The molecule has 0 aromatic heterocycles. The SMILES string of the molecule is COc1cccc(C(CNC(=O)/C=C/c2ccc(OC)c(OC)c2)N2CCCC2)c1. The van der Waals surface area contributed by atoms with Crippen molar-refractivity contribution < 1.29 is 19.0 Å². The lowest BCUT2D eigenvalue weighted by Gasteiger charge is -2.28. The average Bonchev–Trinajstić information content (AvgIpc) is 3.32. The fourth-order valence-corrected chi connectivity index (χ4v) is 3.74. The summed E-state index contributed by atoms with van der Waals surface area (Å²) in [6.07, 6.45) is 5.70. The Labute approximate surface area is 178 Å². The van der Waals surface area contributed by atoms with Gasteiger partial charge in [0.05, 0.1) is 27.4 Å². The molecule has 30 heavy (non-hydrogen) atoms. The average molecular weight is 411 g/mol. The van der Waals surface area contributed by atoms with E-state index in [1.165, 1.54) is 12.8 Å². The van der Waals surface area contributed by atoms with E-state index < -0.39 is 0 Å². The first-order valence-corrected chi connectivity index (χ1v) is 10.2. The second-order valence-corrected chi connectivity index (χ2v) is 7.23. The van der Waals surface area contributed by atoms with Crippen LogP contribution in [0.1, 0.15) is 30.0 Å².